The molecule has 0 saturated heterocycles. The van der Waals surface area contributed by atoms with Crippen molar-refractivity contribution in [3.8, 4) is 5.75 Å². The van der Waals surface area contributed by atoms with Crippen LogP contribution in [-0.2, 0) is 0 Å². The molecule has 0 saturated carbocycles. The number of rotatable bonds is 2. The number of ether oxygens (including phenoxy) is 1. The summed E-state index contributed by atoms with van der Waals surface area (Å²) in [5.41, 5.74) is 0.815. The summed E-state index contributed by atoms with van der Waals surface area (Å²) in [5, 5.41) is 4.07. The molecule has 5 nitrogen and oxygen atoms in total. The standard InChI is InChI=1S/C13H11N3O2S/c1-8-14-13-16(15-8)12(17)11(19-13)7-9-3-5-10(18-2)6-4-9/h3-7H,1-2H3/b11-7+. The smallest absolute Gasteiger partial charge is 0.291 e. The monoisotopic (exact) mass is 273 g/mol. The predicted molar refractivity (Wildman–Crippen MR) is 73.7 cm³/mol. The van der Waals surface area contributed by atoms with Gasteiger partial charge in [-0.2, -0.15) is 4.52 Å². The summed E-state index contributed by atoms with van der Waals surface area (Å²) in [6.07, 6.45) is 1.83. The summed E-state index contributed by atoms with van der Waals surface area (Å²) in [4.78, 5) is 16.9. The Morgan fingerprint density at radius 3 is 2.68 bits per heavy atom. The molecule has 0 aliphatic rings. The molecule has 96 valence electrons. The Morgan fingerprint density at radius 2 is 2.05 bits per heavy atom. The van der Waals surface area contributed by atoms with Crippen LogP contribution in [0.2, 0.25) is 0 Å². The summed E-state index contributed by atoms with van der Waals surface area (Å²) < 4.78 is 7.06. The molecule has 3 aromatic rings. The lowest BCUT2D eigenvalue weighted by Gasteiger charge is -1.98. The van der Waals surface area contributed by atoms with E-state index in [9.17, 15) is 4.79 Å². The van der Waals surface area contributed by atoms with Gasteiger partial charge in [0.2, 0.25) is 4.96 Å². The van der Waals surface area contributed by atoms with Crippen LogP contribution in [0.15, 0.2) is 29.1 Å². The van der Waals surface area contributed by atoms with E-state index in [4.69, 9.17) is 4.74 Å². The Morgan fingerprint density at radius 1 is 1.32 bits per heavy atom. The number of hydrogen-bond acceptors (Lipinski definition) is 5. The topological polar surface area (TPSA) is 56.5 Å². The molecule has 0 radical (unpaired) electrons. The second kappa shape index (κ2) is 4.47. The van der Waals surface area contributed by atoms with E-state index in [0.717, 1.165) is 11.3 Å². The number of benzene rings is 1. The van der Waals surface area contributed by atoms with Gasteiger partial charge in [-0.3, -0.25) is 4.79 Å². The van der Waals surface area contributed by atoms with Crippen LogP contribution < -0.4 is 14.8 Å². The van der Waals surface area contributed by atoms with Crippen molar-refractivity contribution in [3.05, 3.63) is 50.5 Å². The van der Waals surface area contributed by atoms with E-state index in [1.165, 1.54) is 15.9 Å². The molecule has 6 heteroatoms. The molecule has 0 unspecified atom stereocenters. The van der Waals surface area contributed by atoms with Gasteiger partial charge >= 0.3 is 0 Å². The van der Waals surface area contributed by atoms with Crippen molar-refractivity contribution in [1.82, 2.24) is 14.6 Å². The highest BCUT2D eigenvalue weighted by Crippen LogP contribution is 2.11. The number of methoxy groups -OCH3 is 1. The molecule has 1 aromatic carbocycles. The zero-order valence-corrected chi connectivity index (χ0v) is 11.3. The van der Waals surface area contributed by atoms with Crippen LogP contribution in [0, 0.1) is 6.92 Å². The third kappa shape index (κ3) is 2.10. The first-order valence-electron chi connectivity index (χ1n) is 5.69. The van der Waals surface area contributed by atoms with Gasteiger partial charge in [0.15, 0.2) is 0 Å². The van der Waals surface area contributed by atoms with Gasteiger partial charge in [-0.25, -0.2) is 4.98 Å². The Bertz CT molecular complexity index is 833. The molecular formula is C13H11N3O2S. The number of aryl methyl sites for hydroxylation is 1. The molecule has 3 rings (SSSR count). The largest absolute Gasteiger partial charge is 0.497 e. The number of nitrogens with zero attached hydrogens (tertiary/aromatic N) is 3. The van der Waals surface area contributed by atoms with Gasteiger partial charge in [-0.15, -0.1) is 5.10 Å². The summed E-state index contributed by atoms with van der Waals surface area (Å²) in [6, 6.07) is 7.52. The predicted octanol–water partition coefficient (Wildman–Crippen LogP) is 1.02. The minimum Gasteiger partial charge on any atom is -0.497 e. The molecule has 0 aliphatic heterocycles. The molecule has 0 bridgehead atoms. The molecule has 0 aliphatic carbocycles. The van der Waals surface area contributed by atoms with Crippen LogP contribution in [0.4, 0.5) is 0 Å². The second-order valence-electron chi connectivity index (χ2n) is 4.04. The van der Waals surface area contributed by atoms with E-state index in [2.05, 4.69) is 10.1 Å². The molecule has 0 amide bonds. The molecule has 0 N–H and O–H groups in total. The molecular weight excluding hydrogens is 262 g/mol. The SMILES string of the molecule is COc1ccc(/C=c2/sc3nc(C)nn3c2=O)cc1. The lowest BCUT2D eigenvalue weighted by Crippen LogP contribution is -2.23. The Hall–Kier alpha value is -2.21. The van der Waals surface area contributed by atoms with Crippen molar-refractivity contribution in [2.24, 2.45) is 0 Å². The number of hydrogen-bond donors (Lipinski definition) is 0. The van der Waals surface area contributed by atoms with Crippen LogP contribution in [0.25, 0.3) is 11.0 Å². The minimum absolute atomic E-state index is 0.128. The van der Waals surface area contributed by atoms with Crippen LogP contribution >= 0.6 is 11.3 Å². The van der Waals surface area contributed by atoms with Crippen molar-refractivity contribution in [2.45, 2.75) is 6.92 Å². The first-order valence-corrected chi connectivity index (χ1v) is 6.51. The van der Waals surface area contributed by atoms with Gasteiger partial charge in [0.1, 0.15) is 11.6 Å². The maximum absolute atomic E-state index is 12.1. The zero-order valence-electron chi connectivity index (χ0n) is 10.5. The van der Waals surface area contributed by atoms with Crippen molar-refractivity contribution in [2.75, 3.05) is 7.11 Å². The maximum atomic E-state index is 12.1. The molecule has 2 heterocycles. The second-order valence-corrected chi connectivity index (χ2v) is 5.05. The van der Waals surface area contributed by atoms with E-state index < -0.39 is 0 Å². The fourth-order valence-electron chi connectivity index (χ4n) is 1.78. The Labute approximate surface area is 112 Å². The van der Waals surface area contributed by atoms with E-state index in [-0.39, 0.29) is 5.56 Å². The highest BCUT2D eigenvalue weighted by Gasteiger charge is 2.07. The van der Waals surface area contributed by atoms with Gasteiger partial charge in [-0.05, 0) is 30.7 Å². The fourth-order valence-corrected chi connectivity index (χ4v) is 2.74. The molecule has 0 atom stereocenters. The average Bonchev–Trinajstić information content (AvgIpc) is 2.90. The molecule has 2 aromatic heterocycles. The van der Waals surface area contributed by atoms with Crippen LogP contribution in [0.3, 0.4) is 0 Å². The highest BCUT2D eigenvalue weighted by atomic mass is 32.1. The Kier molecular flexibility index (Phi) is 2.79. The van der Waals surface area contributed by atoms with E-state index >= 15 is 0 Å². The molecule has 19 heavy (non-hydrogen) atoms. The summed E-state index contributed by atoms with van der Waals surface area (Å²) >= 11 is 1.34. The molecule has 0 spiro atoms. The fraction of sp³-hybridized carbons (Fsp3) is 0.154. The summed E-state index contributed by atoms with van der Waals surface area (Å²) in [5.74, 6) is 1.40. The van der Waals surface area contributed by atoms with Crippen molar-refractivity contribution in [3.63, 3.8) is 0 Å². The first-order chi connectivity index (χ1) is 9.17. The number of aromatic nitrogens is 3. The van der Waals surface area contributed by atoms with E-state index in [0.29, 0.717) is 15.3 Å². The van der Waals surface area contributed by atoms with Crippen molar-refractivity contribution in [1.29, 1.82) is 0 Å². The van der Waals surface area contributed by atoms with Gasteiger partial charge < -0.3 is 4.74 Å². The lowest BCUT2D eigenvalue weighted by atomic mass is 10.2. The third-order valence-corrected chi connectivity index (χ3v) is 3.66. The Balaban J connectivity index is 2.11. The molecule has 0 fully saturated rings. The van der Waals surface area contributed by atoms with E-state index in [1.54, 1.807) is 14.0 Å². The number of fused-ring (bicyclic) bond motifs is 1. The first kappa shape index (κ1) is 11.9. The third-order valence-electron chi connectivity index (χ3n) is 2.70. The van der Waals surface area contributed by atoms with Gasteiger partial charge in [-0.1, -0.05) is 23.5 Å². The van der Waals surface area contributed by atoms with Crippen LogP contribution in [0.5, 0.6) is 5.75 Å². The number of thiazole rings is 1. The average molecular weight is 273 g/mol. The lowest BCUT2D eigenvalue weighted by molar-refractivity contribution is 0.415. The van der Waals surface area contributed by atoms with Crippen molar-refractivity contribution >= 4 is 22.4 Å². The van der Waals surface area contributed by atoms with Crippen LogP contribution in [-0.4, -0.2) is 21.7 Å². The van der Waals surface area contributed by atoms with Crippen LogP contribution in [0.1, 0.15) is 11.4 Å². The van der Waals surface area contributed by atoms with Gasteiger partial charge in [0, 0.05) is 0 Å². The normalized spacial score (nSPS) is 12.2. The minimum atomic E-state index is -0.128. The summed E-state index contributed by atoms with van der Waals surface area (Å²) in [7, 11) is 1.62. The highest BCUT2D eigenvalue weighted by molar-refractivity contribution is 7.15. The summed E-state index contributed by atoms with van der Waals surface area (Å²) in [6.45, 7) is 1.77. The quantitative estimate of drug-likeness (QED) is 0.699. The van der Waals surface area contributed by atoms with E-state index in [1.807, 2.05) is 30.3 Å². The van der Waals surface area contributed by atoms with Gasteiger partial charge in [0.05, 0.1) is 11.6 Å². The maximum Gasteiger partial charge on any atom is 0.291 e. The van der Waals surface area contributed by atoms with Crippen molar-refractivity contribution < 1.29 is 4.74 Å². The zero-order chi connectivity index (χ0) is 13.4. The van der Waals surface area contributed by atoms with Gasteiger partial charge in [0.25, 0.3) is 5.56 Å².